The Morgan fingerprint density at radius 3 is 2.88 bits per heavy atom. The fourth-order valence-electron chi connectivity index (χ4n) is 3.99. The molecule has 3 nitrogen and oxygen atoms in total. The summed E-state index contributed by atoms with van der Waals surface area (Å²) in [5, 5.41) is 9.14. The molecule has 3 unspecified atom stereocenters. The second kappa shape index (κ2) is 6.94. The number of fused-ring (bicyclic) bond motifs is 1. The quantitative estimate of drug-likeness (QED) is 0.885. The third-order valence-electron chi connectivity index (χ3n) is 5.58. The summed E-state index contributed by atoms with van der Waals surface area (Å²) in [7, 11) is 0. The van der Waals surface area contributed by atoms with Crippen molar-refractivity contribution in [1.29, 1.82) is 0 Å². The highest BCUT2D eigenvalue weighted by molar-refractivity contribution is 5.85. The fourth-order valence-corrected chi connectivity index (χ4v) is 3.99. The minimum atomic E-state index is 0.177. The first-order valence-corrected chi connectivity index (χ1v) is 9.28. The van der Waals surface area contributed by atoms with E-state index >= 15 is 0 Å². The number of rotatable bonds is 5. The molecule has 1 heterocycles. The number of carbonyl (C=O) groups is 1. The lowest BCUT2D eigenvalue weighted by Gasteiger charge is -2.22. The lowest BCUT2D eigenvalue weighted by Crippen LogP contribution is -2.33. The van der Waals surface area contributed by atoms with Crippen LogP contribution in [0.4, 0.5) is 0 Å². The maximum atomic E-state index is 12.4. The molecular weight excluding hydrogens is 296 g/mol. The zero-order valence-electron chi connectivity index (χ0n) is 14.1. The Morgan fingerprint density at radius 2 is 2.04 bits per heavy atom. The predicted molar refractivity (Wildman–Crippen MR) is 98.0 cm³/mol. The van der Waals surface area contributed by atoms with Crippen molar-refractivity contribution >= 4 is 16.7 Å². The van der Waals surface area contributed by atoms with Gasteiger partial charge in [-0.1, -0.05) is 42.5 Å². The minimum absolute atomic E-state index is 0.177. The van der Waals surface area contributed by atoms with Gasteiger partial charge >= 0.3 is 0 Å². The van der Waals surface area contributed by atoms with Crippen molar-refractivity contribution in [3.05, 3.63) is 48.0 Å². The van der Waals surface area contributed by atoms with Crippen molar-refractivity contribution in [1.82, 2.24) is 10.6 Å². The highest BCUT2D eigenvalue weighted by Crippen LogP contribution is 2.48. The Kier molecular flexibility index (Phi) is 4.52. The van der Waals surface area contributed by atoms with Crippen LogP contribution in [0.25, 0.3) is 10.8 Å². The van der Waals surface area contributed by atoms with Gasteiger partial charge in [-0.05, 0) is 66.9 Å². The predicted octanol–water partition coefficient (Wildman–Crippen LogP) is 3.45. The first-order chi connectivity index (χ1) is 11.8. The first kappa shape index (κ1) is 15.6. The van der Waals surface area contributed by atoms with E-state index in [0.717, 1.165) is 38.4 Å². The molecule has 2 aliphatic rings. The van der Waals surface area contributed by atoms with E-state index in [0.29, 0.717) is 5.92 Å². The molecule has 4 rings (SSSR count). The van der Waals surface area contributed by atoms with Crippen molar-refractivity contribution in [2.24, 2.45) is 11.8 Å². The maximum absolute atomic E-state index is 12.4. The van der Waals surface area contributed by atoms with E-state index in [1.807, 2.05) is 0 Å². The van der Waals surface area contributed by atoms with Gasteiger partial charge in [0.1, 0.15) is 0 Å². The van der Waals surface area contributed by atoms with Gasteiger partial charge in [0.25, 0.3) is 0 Å². The molecule has 0 bridgehead atoms. The fraction of sp³-hybridized carbons (Fsp3) is 0.476. The van der Waals surface area contributed by atoms with Crippen LogP contribution in [0.1, 0.15) is 37.2 Å². The third kappa shape index (κ3) is 3.46. The standard InChI is InChI=1S/C21H26N2O/c24-21(23-11-9-15-4-3-10-22-14-15)20-13-19(20)18-8-7-16-5-1-2-6-17(16)12-18/h1-2,5-8,12,15,19-20,22H,3-4,9-11,13-14H2,(H,23,24). The smallest absolute Gasteiger partial charge is 0.223 e. The van der Waals surface area contributed by atoms with Crippen LogP contribution in [0.5, 0.6) is 0 Å². The molecule has 0 spiro atoms. The van der Waals surface area contributed by atoms with Crippen molar-refractivity contribution in [3.63, 3.8) is 0 Å². The molecule has 3 heteroatoms. The summed E-state index contributed by atoms with van der Waals surface area (Å²) in [6.07, 6.45) is 4.67. The molecule has 24 heavy (non-hydrogen) atoms. The van der Waals surface area contributed by atoms with Crippen LogP contribution < -0.4 is 10.6 Å². The lowest BCUT2D eigenvalue weighted by atomic mass is 9.96. The van der Waals surface area contributed by atoms with Gasteiger partial charge in [-0.25, -0.2) is 0 Å². The number of piperidine rings is 1. The molecule has 1 aliphatic heterocycles. The molecule has 2 fully saturated rings. The van der Waals surface area contributed by atoms with Gasteiger partial charge in [0.05, 0.1) is 0 Å². The van der Waals surface area contributed by atoms with Crippen LogP contribution in [0.3, 0.4) is 0 Å². The molecule has 0 aromatic heterocycles. The summed E-state index contributed by atoms with van der Waals surface area (Å²) in [6, 6.07) is 15.0. The number of carbonyl (C=O) groups excluding carboxylic acids is 1. The highest BCUT2D eigenvalue weighted by Gasteiger charge is 2.43. The summed E-state index contributed by atoms with van der Waals surface area (Å²) in [5.41, 5.74) is 1.31. The second-order valence-corrected chi connectivity index (χ2v) is 7.35. The molecular formula is C21H26N2O. The van der Waals surface area contributed by atoms with Crippen molar-refractivity contribution in [3.8, 4) is 0 Å². The molecule has 1 amide bonds. The van der Waals surface area contributed by atoms with E-state index in [4.69, 9.17) is 0 Å². The molecule has 1 aliphatic carbocycles. The van der Waals surface area contributed by atoms with Crippen molar-refractivity contribution in [2.45, 2.75) is 31.6 Å². The zero-order valence-corrected chi connectivity index (χ0v) is 14.1. The average Bonchev–Trinajstić information content (AvgIpc) is 3.43. The molecule has 1 saturated carbocycles. The van der Waals surface area contributed by atoms with Crippen LogP contribution in [0, 0.1) is 11.8 Å². The molecule has 0 radical (unpaired) electrons. The molecule has 126 valence electrons. The highest BCUT2D eigenvalue weighted by atomic mass is 16.2. The Bertz CT molecular complexity index is 721. The van der Waals surface area contributed by atoms with Gasteiger partial charge in [-0.2, -0.15) is 0 Å². The third-order valence-corrected chi connectivity index (χ3v) is 5.58. The van der Waals surface area contributed by atoms with Gasteiger partial charge in [-0.15, -0.1) is 0 Å². The largest absolute Gasteiger partial charge is 0.356 e. The maximum Gasteiger partial charge on any atom is 0.223 e. The normalized spacial score (nSPS) is 26.2. The lowest BCUT2D eigenvalue weighted by molar-refractivity contribution is -0.122. The van der Waals surface area contributed by atoms with Crippen molar-refractivity contribution < 1.29 is 4.79 Å². The Labute approximate surface area is 143 Å². The molecule has 1 saturated heterocycles. The number of benzene rings is 2. The number of hydrogen-bond acceptors (Lipinski definition) is 2. The Morgan fingerprint density at radius 1 is 1.17 bits per heavy atom. The summed E-state index contributed by atoms with van der Waals surface area (Å²) < 4.78 is 0. The molecule has 2 aromatic rings. The van der Waals surface area contributed by atoms with E-state index < -0.39 is 0 Å². The van der Waals surface area contributed by atoms with Gasteiger partial charge in [0, 0.05) is 12.5 Å². The second-order valence-electron chi connectivity index (χ2n) is 7.35. The van der Waals surface area contributed by atoms with Crippen LogP contribution in [-0.4, -0.2) is 25.5 Å². The van der Waals surface area contributed by atoms with E-state index in [1.165, 1.54) is 29.2 Å². The molecule has 3 atom stereocenters. The minimum Gasteiger partial charge on any atom is -0.356 e. The summed E-state index contributed by atoms with van der Waals surface area (Å²) in [6.45, 7) is 3.09. The van der Waals surface area contributed by atoms with Crippen LogP contribution in [-0.2, 0) is 4.79 Å². The summed E-state index contributed by atoms with van der Waals surface area (Å²) >= 11 is 0. The van der Waals surface area contributed by atoms with Gasteiger partial charge < -0.3 is 10.6 Å². The van der Waals surface area contributed by atoms with Gasteiger partial charge in [0.2, 0.25) is 5.91 Å². The Hall–Kier alpha value is -1.87. The topological polar surface area (TPSA) is 41.1 Å². The zero-order chi connectivity index (χ0) is 16.4. The number of amides is 1. The average molecular weight is 322 g/mol. The van der Waals surface area contributed by atoms with Crippen LogP contribution in [0.15, 0.2) is 42.5 Å². The number of hydrogen-bond donors (Lipinski definition) is 2. The van der Waals surface area contributed by atoms with E-state index in [-0.39, 0.29) is 11.8 Å². The van der Waals surface area contributed by atoms with Gasteiger partial charge in [0.15, 0.2) is 0 Å². The van der Waals surface area contributed by atoms with Crippen molar-refractivity contribution in [2.75, 3.05) is 19.6 Å². The van der Waals surface area contributed by atoms with E-state index in [1.54, 1.807) is 0 Å². The number of nitrogens with one attached hydrogen (secondary N) is 2. The Balaban J connectivity index is 1.29. The first-order valence-electron chi connectivity index (χ1n) is 9.28. The summed E-state index contributed by atoms with van der Waals surface area (Å²) in [4.78, 5) is 12.4. The van der Waals surface area contributed by atoms with E-state index in [9.17, 15) is 4.79 Å². The SMILES string of the molecule is O=C(NCCC1CCCNC1)C1CC1c1ccc2ccccc2c1. The van der Waals surface area contributed by atoms with E-state index in [2.05, 4.69) is 53.1 Å². The molecule has 2 aromatic carbocycles. The monoisotopic (exact) mass is 322 g/mol. The molecule has 2 N–H and O–H groups in total. The van der Waals surface area contributed by atoms with Crippen LogP contribution >= 0.6 is 0 Å². The summed E-state index contributed by atoms with van der Waals surface area (Å²) in [5.74, 6) is 1.56. The van der Waals surface area contributed by atoms with Crippen LogP contribution in [0.2, 0.25) is 0 Å². The van der Waals surface area contributed by atoms with Gasteiger partial charge in [-0.3, -0.25) is 4.79 Å².